The van der Waals surface area contributed by atoms with Crippen LogP contribution in [0.25, 0.3) is 0 Å². The van der Waals surface area contributed by atoms with E-state index >= 15 is 0 Å². The van der Waals surface area contributed by atoms with E-state index in [0.717, 1.165) is 26.1 Å². The van der Waals surface area contributed by atoms with Gasteiger partial charge in [-0.15, -0.1) is 0 Å². The minimum absolute atomic E-state index is 0.119. The molecule has 1 saturated heterocycles. The fourth-order valence-electron chi connectivity index (χ4n) is 2.80. The zero-order chi connectivity index (χ0) is 14.5. The summed E-state index contributed by atoms with van der Waals surface area (Å²) in [7, 11) is 1.77. The van der Waals surface area contributed by atoms with E-state index in [1.807, 2.05) is 6.92 Å². The summed E-state index contributed by atoms with van der Waals surface area (Å²) in [4.78, 5) is 14.4. The summed E-state index contributed by atoms with van der Waals surface area (Å²) in [5.74, 6) is 0.473. The van der Waals surface area contributed by atoms with Crippen molar-refractivity contribution in [2.24, 2.45) is 5.92 Å². The van der Waals surface area contributed by atoms with Crippen LogP contribution in [0.1, 0.15) is 33.1 Å². The lowest BCUT2D eigenvalue weighted by Crippen LogP contribution is -2.52. The van der Waals surface area contributed by atoms with Gasteiger partial charge in [-0.2, -0.15) is 0 Å². The van der Waals surface area contributed by atoms with Gasteiger partial charge in [0.15, 0.2) is 0 Å². The van der Waals surface area contributed by atoms with Crippen molar-refractivity contribution in [2.45, 2.75) is 51.3 Å². The second kappa shape index (κ2) is 7.38. The molecule has 5 heteroatoms. The molecule has 0 bridgehead atoms. The zero-order valence-electron chi connectivity index (χ0n) is 12.9. The molecule has 3 atom stereocenters. The molecule has 3 unspecified atom stereocenters. The first-order chi connectivity index (χ1) is 9.63. The fraction of sp³-hybridized carbons (Fsp3) is 0.933. The highest BCUT2D eigenvalue weighted by Crippen LogP contribution is 2.22. The maximum atomic E-state index is 12.1. The smallest absolute Gasteiger partial charge is 0.324 e. The Morgan fingerprint density at radius 3 is 2.75 bits per heavy atom. The minimum atomic E-state index is -0.201. The van der Waals surface area contributed by atoms with E-state index in [1.54, 1.807) is 7.11 Å². The van der Waals surface area contributed by atoms with Crippen LogP contribution < -0.4 is 5.32 Å². The molecule has 20 heavy (non-hydrogen) atoms. The molecule has 2 rings (SSSR count). The predicted molar refractivity (Wildman–Crippen MR) is 77.6 cm³/mol. The lowest BCUT2D eigenvalue weighted by atomic mass is 9.95. The number of ether oxygens (including phenoxy) is 2. The van der Waals surface area contributed by atoms with Gasteiger partial charge in [0.2, 0.25) is 0 Å². The summed E-state index contributed by atoms with van der Waals surface area (Å²) in [6.45, 7) is 7.19. The topological polar surface area (TPSA) is 50.8 Å². The van der Waals surface area contributed by atoms with E-state index in [4.69, 9.17) is 9.47 Å². The maximum absolute atomic E-state index is 12.1. The van der Waals surface area contributed by atoms with Crippen LogP contribution >= 0.6 is 0 Å². The Kier molecular flexibility index (Phi) is 5.81. The van der Waals surface area contributed by atoms with Gasteiger partial charge in [-0.3, -0.25) is 9.69 Å². The van der Waals surface area contributed by atoms with E-state index in [9.17, 15) is 4.79 Å². The first kappa shape index (κ1) is 15.7. The molecule has 116 valence electrons. The average Bonchev–Trinajstić information content (AvgIpc) is 3.24. The normalized spacial score (nSPS) is 29.1. The van der Waals surface area contributed by atoms with Crippen LogP contribution in [-0.4, -0.2) is 62.4 Å². The van der Waals surface area contributed by atoms with Crippen LogP contribution in [-0.2, 0) is 14.3 Å². The second-order valence-corrected chi connectivity index (χ2v) is 6.05. The van der Waals surface area contributed by atoms with Gasteiger partial charge in [-0.1, -0.05) is 6.92 Å². The minimum Gasteiger partial charge on any atom is -0.465 e. The highest BCUT2D eigenvalue weighted by molar-refractivity contribution is 5.76. The molecule has 2 aliphatic rings. The van der Waals surface area contributed by atoms with Crippen LogP contribution in [0, 0.1) is 5.92 Å². The molecule has 0 aromatic heterocycles. The number of esters is 1. The van der Waals surface area contributed by atoms with Crippen molar-refractivity contribution in [3.63, 3.8) is 0 Å². The van der Waals surface area contributed by atoms with Crippen molar-refractivity contribution in [3.8, 4) is 0 Å². The van der Waals surface area contributed by atoms with Crippen molar-refractivity contribution in [1.29, 1.82) is 0 Å². The molecular formula is C15H28N2O3. The van der Waals surface area contributed by atoms with E-state index in [-0.39, 0.29) is 18.1 Å². The second-order valence-electron chi connectivity index (χ2n) is 6.05. The summed E-state index contributed by atoms with van der Waals surface area (Å²) < 4.78 is 10.7. The summed E-state index contributed by atoms with van der Waals surface area (Å²) in [6, 6.07) is 0.305. The maximum Gasteiger partial charge on any atom is 0.324 e. The fourth-order valence-corrected chi connectivity index (χ4v) is 2.80. The predicted octanol–water partition coefficient (Wildman–Crippen LogP) is 1.03. The third-order valence-corrected chi connectivity index (χ3v) is 4.30. The molecule has 1 aliphatic heterocycles. The molecule has 1 saturated carbocycles. The molecule has 0 amide bonds. The monoisotopic (exact) mass is 284 g/mol. The number of carbonyl (C=O) groups is 1. The van der Waals surface area contributed by atoms with E-state index in [0.29, 0.717) is 18.6 Å². The van der Waals surface area contributed by atoms with Crippen molar-refractivity contribution in [1.82, 2.24) is 10.2 Å². The first-order valence-corrected chi connectivity index (χ1v) is 7.81. The number of hydrogen-bond acceptors (Lipinski definition) is 5. The molecular weight excluding hydrogens is 256 g/mol. The molecule has 0 aromatic rings. The molecule has 0 radical (unpaired) electrons. The largest absolute Gasteiger partial charge is 0.465 e. The Morgan fingerprint density at radius 2 is 2.15 bits per heavy atom. The number of methoxy groups -OCH3 is 1. The quantitative estimate of drug-likeness (QED) is 0.708. The summed E-state index contributed by atoms with van der Waals surface area (Å²) in [5.41, 5.74) is 0. The van der Waals surface area contributed by atoms with Gasteiger partial charge in [-0.05, 0) is 38.6 Å². The van der Waals surface area contributed by atoms with Gasteiger partial charge in [0.05, 0.1) is 12.7 Å². The van der Waals surface area contributed by atoms with Crippen LogP contribution in [0.15, 0.2) is 0 Å². The van der Waals surface area contributed by atoms with Gasteiger partial charge < -0.3 is 14.8 Å². The molecule has 1 aliphatic carbocycles. The summed E-state index contributed by atoms with van der Waals surface area (Å²) in [5, 5.41) is 3.41. The number of piperidine rings is 1. The summed E-state index contributed by atoms with van der Waals surface area (Å²) in [6.07, 6.45) is 3.74. The Bertz CT molecular complexity index is 320. The van der Waals surface area contributed by atoms with Gasteiger partial charge in [-0.25, -0.2) is 0 Å². The SMILES string of the molecule is CCOC(=O)C(CN1CCC(C)C(OC)C1)NC1CC1. The van der Waals surface area contributed by atoms with E-state index in [2.05, 4.69) is 17.1 Å². The zero-order valence-corrected chi connectivity index (χ0v) is 12.9. The number of nitrogens with one attached hydrogen (secondary N) is 1. The lowest BCUT2D eigenvalue weighted by Gasteiger charge is -2.37. The van der Waals surface area contributed by atoms with Crippen molar-refractivity contribution in [2.75, 3.05) is 33.4 Å². The highest BCUT2D eigenvalue weighted by atomic mass is 16.5. The number of likely N-dealkylation sites (tertiary alicyclic amines) is 1. The van der Waals surface area contributed by atoms with Gasteiger partial charge in [0.25, 0.3) is 0 Å². The molecule has 5 nitrogen and oxygen atoms in total. The van der Waals surface area contributed by atoms with Gasteiger partial charge in [0.1, 0.15) is 6.04 Å². The summed E-state index contributed by atoms with van der Waals surface area (Å²) >= 11 is 0. The molecule has 2 fully saturated rings. The van der Waals surface area contributed by atoms with E-state index in [1.165, 1.54) is 12.8 Å². The molecule has 0 aromatic carbocycles. The lowest BCUT2D eigenvalue weighted by molar-refractivity contribution is -0.146. The van der Waals surface area contributed by atoms with Crippen LogP contribution in [0.3, 0.4) is 0 Å². The molecule has 1 N–H and O–H groups in total. The van der Waals surface area contributed by atoms with Crippen molar-refractivity contribution >= 4 is 5.97 Å². The van der Waals surface area contributed by atoms with Crippen LogP contribution in [0.5, 0.6) is 0 Å². The first-order valence-electron chi connectivity index (χ1n) is 7.81. The third kappa shape index (κ3) is 4.43. The van der Waals surface area contributed by atoms with Gasteiger partial charge >= 0.3 is 5.97 Å². The number of nitrogens with zero attached hydrogens (tertiary/aromatic N) is 1. The Labute approximate surface area is 122 Å². The number of carbonyl (C=O) groups excluding carboxylic acids is 1. The Hall–Kier alpha value is -0.650. The third-order valence-electron chi connectivity index (χ3n) is 4.30. The number of rotatable bonds is 7. The standard InChI is InChI=1S/C15H28N2O3/c1-4-20-15(18)13(16-12-5-6-12)9-17-8-7-11(2)14(10-17)19-3/h11-14,16H,4-10H2,1-3H3. The molecule has 0 spiro atoms. The van der Waals surface area contributed by atoms with Crippen molar-refractivity contribution in [3.05, 3.63) is 0 Å². The van der Waals surface area contributed by atoms with Crippen LogP contribution in [0.2, 0.25) is 0 Å². The van der Waals surface area contributed by atoms with Gasteiger partial charge in [0, 0.05) is 26.2 Å². The highest BCUT2D eigenvalue weighted by Gasteiger charge is 2.33. The Balaban J connectivity index is 1.87. The van der Waals surface area contributed by atoms with E-state index < -0.39 is 0 Å². The Morgan fingerprint density at radius 1 is 1.40 bits per heavy atom. The van der Waals surface area contributed by atoms with Crippen molar-refractivity contribution < 1.29 is 14.3 Å². The molecule has 1 heterocycles. The van der Waals surface area contributed by atoms with Crippen LogP contribution in [0.4, 0.5) is 0 Å². The number of hydrogen-bond donors (Lipinski definition) is 1. The average molecular weight is 284 g/mol.